The molecule has 2 N–H and O–H groups in total. The molecule has 1 fully saturated rings. The van der Waals surface area contributed by atoms with Gasteiger partial charge in [-0.05, 0) is 55.5 Å². The molecule has 1 atom stereocenters. The fraction of sp³-hybridized carbons (Fsp3) is 0.381. The lowest BCUT2D eigenvalue weighted by Gasteiger charge is -2.40. The maximum Gasteiger partial charge on any atom is 0.220 e. The first-order valence-electron chi connectivity index (χ1n) is 9.40. The quantitative estimate of drug-likeness (QED) is 0.773. The van der Waals surface area contributed by atoms with Crippen molar-refractivity contribution >= 4 is 16.9 Å². The number of aromatic nitrogens is 3. The van der Waals surface area contributed by atoms with Gasteiger partial charge in [-0.2, -0.15) is 0 Å². The number of pyridine rings is 1. The first kappa shape index (κ1) is 15.7. The van der Waals surface area contributed by atoms with Crippen LogP contribution in [0.5, 0.6) is 0 Å². The second-order valence-corrected chi connectivity index (χ2v) is 7.68. The van der Waals surface area contributed by atoms with Crippen LogP contribution in [0, 0.1) is 0 Å². The second kappa shape index (κ2) is 6.02. The van der Waals surface area contributed by atoms with E-state index in [0.717, 1.165) is 38.0 Å². The van der Waals surface area contributed by atoms with Crippen LogP contribution in [0.25, 0.3) is 10.9 Å². The van der Waals surface area contributed by atoms with Gasteiger partial charge in [-0.1, -0.05) is 18.2 Å². The third-order valence-electron chi connectivity index (χ3n) is 6.04. The van der Waals surface area contributed by atoms with Gasteiger partial charge in [-0.15, -0.1) is 0 Å². The molecule has 1 saturated heterocycles. The molecule has 2 aromatic heterocycles. The number of anilines is 1. The molecule has 1 unspecified atom stereocenters. The van der Waals surface area contributed by atoms with Crippen LogP contribution in [0.4, 0.5) is 5.95 Å². The molecule has 0 bridgehead atoms. The number of nitrogen functional groups attached to an aromatic ring is 1. The van der Waals surface area contributed by atoms with Gasteiger partial charge in [0.05, 0.1) is 11.2 Å². The molecule has 2 aliphatic rings. The van der Waals surface area contributed by atoms with Crippen molar-refractivity contribution in [3.05, 3.63) is 59.5 Å². The maximum atomic E-state index is 5.90. The van der Waals surface area contributed by atoms with Crippen molar-refractivity contribution in [2.75, 3.05) is 18.8 Å². The fourth-order valence-corrected chi connectivity index (χ4v) is 4.86. The van der Waals surface area contributed by atoms with E-state index in [0.29, 0.717) is 5.95 Å². The number of rotatable bonds is 2. The SMILES string of the molecule is Nc1ncc2c(n1)C1(CCCN(Cc3cccc4ncccc34)C1)CC2. The van der Waals surface area contributed by atoms with Crippen molar-refractivity contribution in [2.45, 2.75) is 37.6 Å². The predicted molar refractivity (Wildman–Crippen MR) is 103 cm³/mol. The summed E-state index contributed by atoms with van der Waals surface area (Å²) in [5, 5.41) is 1.26. The van der Waals surface area contributed by atoms with Gasteiger partial charge in [0.2, 0.25) is 5.95 Å². The number of nitrogens with zero attached hydrogens (tertiary/aromatic N) is 4. The summed E-state index contributed by atoms with van der Waals surface area (Å²) in [6, 6.07) is 10.6. The van der Waals surface area contributed by atoms with E-state index in [1.54, 1.807) is 0 Å². The zero-order valence-corrected chi connectivity index (χ0v) is 14.9. The third kappa shape index (κ3) is 2.54. The Hall–Kier alpha value is -2.53. The standard InChI is InChI=1S/C21H23N5/c22-20-24-12-15-7-9-21(19(15)25-20)8-3-11-26(14-21)13-16-4-1-6-18-17(16)5-2-10-23-18/h1-2,4-6,10,12H,3,7-9,11,13-14H2,(H2,22,24,25). The highest BCUT2D eigenvalue weighted by Gasteiger charge is 2.43. The minimum absolute atomic E-state index is 0.146. The van der Waals surface area contributed by atoms with Gasteiger partial charge < -0.3 is 5.73 Å². The molecule has 1 spiro atoms. The lowest BCUT2D eigenvalue weighted by atomic mass is 9.77. The lowest BCUT2D eigenvalue weighted by Crippen LogP contribution is -2.45. The van der Waals surface area contributed by atoms with E-state index < -0.39 is 0 Å². The molecule has 1 aromatic carbocycles. The molecule has 1 aliphatic carbocycles. The average Bonchev–Trinajstić information content (AvgIpc) is 2.99. The topological polar surface area (TPSA) is 67.9 Å². The van der Waals surface area contributed by atoms with Gasteiger partial charge in [-0.3, -0.25) is 9.88 Å². The van der Waals surface area contributed by atoms with Crippen molar-refractivity contribution in [2.24, 2.45) is 0 Å². The summed E-state index contributed by atoms with van der Waals surface area (Å²) < 4.78 is 0. The van der Waals surface area contributed by atoms with Crippen LogP contribution in [-0.4, -0.2) is 32.9 Å². The van der Waals surface area contributed by atoms with E-state index in [4.69, 9.17) is 5.73 Å². The van der Waals surface area contributed by atoms with Gasteiger partial charge in [0.1, 0.15) is 0 Å². The third-order valence-corrected chi connectivity index (χ3v) is 6.04. The van der Waals surface area contributed by atoms with E-state index >= 15 is 0 Å². The molecule has 0 amide bonds. The van der Waals surface area contributed by atoms with E-state index in [9.17, 15) is 0 Å². The second-order valence-electron chi connectivity index (χ2n) is 7.68. The van der Waals surface area contributed by atoms with Crippen LogP contribution in [0.15, 0.2) is 42.7 Å². The Labute approximate surface area is 153 Å². The Morgan fingerprint density at radius 3 is 3.04 bits per heavy atom. The molecular weight excluding hydrogens is 322 g/mol. The Kier molecular flexibility index (Phi) is 3.64. The molecule has 3 aromatic rings. The smallest absolute Gasteiger partial charge is 0.220 e. The fourth-order valence-electron chi connectivity index (χ4n) is 4.86. The molecule has 1 aliphatic heterocycles. The molecule has 5 rings (SSSR count). The summed E-state index contributed by atoms with van der Waals surface area (Å²) in [6.07, 6.45) is 8.43. The van der Waals surface area contributed by atoms with Crippen molar-refractivity contribution in [1.82, 2.24) is 19.9 Å². The number of nitrogens with two attached hydrogens (primary N) is 1. The molecule has 0 radical (unpaired) electrons. The van der Waals surface area contributed by atoms with Crippen molar-refractivity contribution < 1.29 is 0 Å². The normalized spacial score (nSPS) is 22.8. The molecule has 26 heavy (non-hydrogen) atoms. The first-order chi connectivity index (χ1) is 12.7. The summed E-state index contributed by atoms with van der Waals surface area (Å²) in [7, 11) is 0. The molecule has 5 nitrogen and oxygen atoms in total. The number of hydrogen-bond donors (Lipinski definition) is 1. The van der Waals surface area contributed by atoms with Crippen molar-refractivity contribution in [3.8, 4) is 0 Å². The van der Waals surface area contributed by atoms with Crippen LogP contribution >= 0.6 is 0 Å². The van der Waals surface area contributed by atoms with Gasteiger partial charge in [0.15, 0.2) is 0 Å². The number of fused-ring (bicyclic) bond motifs is 3. The van der Waals surface area contributed by atoms with E-state index in [1.165, 1.54) is 35.0 Å². The highest BCUT2D eigenvalue weighted by Crippen LogP contribution is 2.44. The number of likely N-dealkylation sites (tertiary alicyclic amines) is 1. The highest BCUT2D eigenvalue weighted by molar-refractivity contribution is 5.81. The monoisotopic (exact) mass is 345 g/mol. The summed E-state index contributed by atoms with van der Waals surface area (Å²) in [6.45, 7) is 3.14. The number of benzene rings is 1. The summed E-state index contributed by atoms with van der Waals surface area (Å²) >= 11 is 0. The highest BCUT2D eigenvalue weighted by atomic mass is 15.1. The van der Waals surface area contributed by atoms with E-state index in [-0.39, 0.29) is 5.41 Å². The van der Waals surface area contributed by atoms with Crippen molar-refractivity contribution in [1.29, 1.82) is 0 Å². The van der Waals surface area contributed by atoms with Gasteiger partial charge >= 0.3 is 0 Å². The molecule has 3 heterocycles. The minimum atomic E-state index is 0.146. The predicted octanol–water partition coefficient (Wildman–Crippen LogP) is 3.09. The zero-order chi connectivity index (χ0) is 17.6. The van der Waals surface area contributed by atoms with E-state index in [2.05, 4.69) is 44.1 Å². The van der Waals surface area contributed by atoms with Crippen LogP contribution in [0.2, 0.25) is 0 Å². The molecule has 132 valence electrons. The Morgan fingerprint density at radius 2 is 2.08 bits per heavy atom. The van der Waals surface area contributed by atoms with Crippen LogP contribution in [0.3, 0.4) is 0 Å². The Morgan fingerprint density at radius 1 is 1.12 bits per heavy atom. The van der Waals surface area contributed by atoms with Gasteiger partial charge in [0, 0.05) is 36.3 Å². The molecular formula is C21H23N5. The van der Waals surface area contributed by atoms with Crippen LogP contribution < -0.4 is 5.73 Å². The Balaban J connectivity index is 1.45. The van der Waals surface area contributed by atoms with Gasteiger partial charge in [-0.25, -0.2) is 9.97 Å². The van der Waals surface area contributed by atoms with E-state index in [1.807, 2.05) is 18.5 Å². The van der Waals surface area contributed by atoms with Gasteiger partial charge in [0.25, 0.3) is 0 Å². The van der Waals surface area contributed by atoms with Crippen LogP contribution in [0.1, 0.15) is 36.1 Å². The number of piperidine rings is 1. The van der Waals surface area contributed by atoms with Crippen molar-refractivity contribution in [3.63, 3.8) is 0 Å². The first-order valence-corrected chi connectivity index (χ1v) is 9.40. The zero-order valence-electron chi connectivity index (χ0n) is 14.9. The average molecular weight is 345 g/mol. The number of aryl methyl sites for hydroxylation is 1. The molecule has 5 heteroatoms. The maximum absolute atomic E-state index is 5.90. The number of hydrogen-bond acceptors (Lipinski definition) is 5. The lowest BCUT2D eigenvalue weighted by molar-refractivity contribution is 0.137. The van der Waals surface area contributed by atoms with Crippen LogP contribution in [-0.2, 0) is 18.4 Å². The minimum Gasteiger partial charge on any atom is -0.368 e. The summed E-state index contributed by atoms with van der Waals surface area (Å²) in [5.41, 5.74) is 11.0. The summed E-state index contributed by atoms with van der Waals surface area (Å²) in [5.74, 6) is 0.405. The summed E-state index contributed by atoms with van der Waals surface area (Å²) in [4.78, 5) is 15.9. The Bertz CT molecular complexity index is 960. The largest absolute Gasteiger partial charge is 0.368 e. The molecule has 0 saturated carbocycles.